The quantitative estimate of drug-likeness (QED) is 0.255. The van der Waals surface area contributed by atoms with E-state index in [-0.39, 0.29) is 5.91 Å². The lowest BCUT2D eigenvalue weighted by molar-refractivity contribution is -0.121. The van der Waals surface area contributed by atoms with E-state index in [1.165, 1.54) is 23.8 Å². The van der Waals surface area contributed by atoms with Crippen molar-refractivity contribution in [1.29, 1.82) is 0 Å². The Bertz CT molecular complexity index is 1340. The molecule has 3 aromatic carbocycles. The Labute approximate surface area is 221 Å². The molecule has 0 saturated carbocycles. The number of thioether (sulfide) groups is 1. The molecule has 0 radical (unpaired) electrons. The average Bonchev–Trinajstić information content (AvgIpc) is 3.15. The van der Waals surface area contributed by atoms with Crippen molar-refractivity contribution >= 4 is 56.5 Å². The Morgan fingerprint density at radius 1 is 1.08 bits per heavy atom. The molecular weight excluding hydrogens is 544 g/mol. The molecule has 184 valence electrons. The van der Waals surface area contributed by atoms with Crippen LogP contribution in [-0.2, 0) is 16.1 Å². The van der Waals surface area contributed by atoms with Gasteiger partial charge in [0.25, 0.3) is 5.91 Å². The minimum absolute atomic E-state index is 0.163. The standard InChI is InChI=1S/C27H23BrN2O5S/c1-30-25(31)23(36-27(30)29-20-11-9-19(10-12-20)26(32)34-3)15-18-13-21(28)24(22(14-18)33-2)35-16-17-7-5-4-6-8-17/h4-15H,16H2,1-3H3/b23-15-,29-27?. The number of nitrogens with zero attached hydrogens (tertiary/aromatic N) is 2. The van der Waals surface area contributed by atoms with Crippen LogP contribution >= 0.6 is 27.7 Å². The summed E-state index contributed by atoms with van der Waals surface area (Å²) in [7, 11) is 4.59. The van der Waals surface area contributed by atoms with Gasteiger partial charge in [0.2, 0.25) is 0 Å². The van der Waals surface area contributed by atoms with Crippen LogP contribution in [0.25, 0.3) is 6.08 Å². The monoisotopic (exact) mass is 566 g/mol. The van der Waals surface area contributed by atoms with Gasteiger partial charge in [-0.25, -0.2) is 9.79 Å². The van der Waals surface area contributed by atoms with E-state index < -0.39 is 5.97 Å². The number of amides is 1. The number of benzene rings is 3. The number of rotatable bonds is 7. The Morgan fingerprint density at radius 2 is 1.81 bits per heavy atom. The van der Waals surface area contributed by atoms with Crippen LogP contribution in [0.3, 0.4) is 0 Å². The molecule has 1 heterocycles. The van der Waals surface area contributed by atoms with Crippen molar-refractivity contribution in [1.82, 2.24) is 4.90 Å². The summed E-state index contributed by atoms with van der Waals surface area (Å²) in [5.41, 5.74) is 2.87. The predicted octanol–water partition coefficient (Wildman–Crippen LogP) is 6.06. The number of likely N-dealkylation sites (N-methyl/N-ethyl adjacent to an activating group) is 1. The predicted molar refractivity (Wildman–Crippen MR) is 145 cm³/mol. The molecule has 0 atom stereocenters. The van der Waals surface area contributed by atoms with Gasteiger partial charge in [0.05, 0.1) is 34.8 Å². The second-order valence-corrected chi connectivity index (χ2v) is 9.58. The molecule has 0 spiro atoms. The molecule has 0 bridgehead atoms. The lowest BCUT2D eigenvalue weighted by Crippen LogP contribution is -2.23. The summed E-state index contributed by atoms with van der Waals surface area (Å²) in [4.78, 5) is 31.1. The van der Waals surface area contributed by atoms with Gasteiger partial charge in [-0.3, -0.25) is 9.69 Å². The maximum atomic E-state index is 12.9. The highest BCUT2D eigenvalue weighted by atomic mass is 79.9. The van der Waals surface area contributed by atoms with E-state index in [1.54, 1.807) is 44.5 Å². The lowest BCUT2D eigenvalue weighted by Gasteiger charge is -2.14. The SMILES string of the molecule is COC(=O)c1ccc(N=C2S/C(=C\c3cc(Br)c(OCc4ccccc4)c(OC)c3)C(=O)N2C)cc1. The zero-order chi connectivity index (χ0) is 25.7. The summed E-state index contributed by atoms with van der Waals surface area (Å²) in [5, 5.41) is 0.533. The first kappa shape index (κ1) is 25.5. The minimum Gasteiger partial charge on any atom is -0.493 e. The van der Waals surface area contributed by atoms with Gasteiger partial charge in [0.15, 0.2) is 16.7 Å². The first-order valence-electron chi connectivity index (χ1n) is 10.9. The molecule has 7 nitrogen and oxygen atoms in total. The van der Waals surface area contributed by atoms with Crippen LogP contribution in [0.5, 0.6) is 11.5 Å². The topological polar surface area (TPSA) is 77.4 Å². The summed E-state index contributed by atoms with van der Waals surface area (Å²) >= 11 is 4.84. The molecule has 1 amide bonds. The molecule has 3 aromatic rings. The number of methoxy groups -OCH3 is 2. The van der Waals surface area contributed by atoms with Crippen molar-refractivity contribution in [3.05, 3.63) is 92.8 Å². The highest BCUT2D eigenvalue weighted by Gasteiger charge is 2.30. The van der Waals surface area contributed by atoms with E-state index in [1.807, 2.05) is 42.5 Å². The highest BCUT2D eigenvalue weighted by molar-refractivity contribution is 9.10. The van der Waals surface area contributed by atoms with Crippen molar-refractivity contribution < 1.29 is 23.8 Å². The van der Waals surface area contributed by atoms with Gasteiger partial charge < -0.3 is 14.2 Å². The Balaban J connectivity index is 1.54. The van der Waals surface area contributed by atoms with Gasteiger partial charge in [-0.05, 0) is 81.3 Å². The highest BCUT2D eigenvalue weighted by Crippen LogP contribution is 2.39. The van der Waals surface area contributed by atoms with Gasteiger partial charge in [0.1, 0.15) is 6.61 Å². The third kappa shape index (κ3) is 5.80. The van der Waals surface area contributed by atoms with Crippen molar-refractivity contribution in [3.63, 3.8) is 0 Å². The Kier molecular flexibility index (Phi) is 8.12. The number of amidine groups is 1. The maximum absolute atomic E-state index is 12.9. The van der Waals surface area contributed by atoms with E-state index >= 15 is 0 Å². The van der Waals surface area contributed by atoms with Crippen LogP contribution in [0.4, 0.5) is 5.69 Å². The smallest absolute Gasteiger partial charge is 0.337 e. The normalized spacial score (nSPS) is 15.4. The van der Waals surface area contributed by atoms with Crippen molar-refractivity contribution in [2.45, 2.75) is 6.61 Å². The number of ether oxygens (including phenoxy) is 3. The number of hydrogen-bond acceptors (Lipinski definition) is 7. The fraction of sp³-hybridized carbons (Fsp3) is 0.148. The number of aliphatic imine (C=N–C) groups is 1. The zero-order valence-electron chi connectivity index (χ0n) is 19.9. The molecule has 36 heavy (non-hydrogen) atoms. The van der Waals surface area contributed by atoms with Gasteiger partial charge in [-0.2, -0.15) is 0 Å². The minimum atomic E-state index is -0.417. The van der Waals surface area contributed by atoms with E-state index in [9.17, 15) is 9.59 Å². The van der Waals surface area contributed by atoms with Gasteiger partial charge in [-0.1, -0.05) is 30.3 Å². The van der Waals surface area contributed by atoms with Crippen LogP contribution in [0, 0.1) is 0 Å². The molecule has 0 N–H and O–H groups in total. The van der Waals surface area contributed by atoms with Crippen LogP contribution in [-0.4, -0.2) is 43.2 Å². The van der Waals surface area contributed by atoms with Crippen LogP contribution in [0.1, 0.15) is 21.5 Å². The number of carbonyl (C=O) groups excluding carboxylic acids is 2. The van der Waals surface area contributed by atoms with Crippen molar-refractivity contribution in [2.24, 2.45) is 4.99 Å². The fourth-order valence-electron chi connectivity index (χ4n) is 3.40. The molecular formula is C27H23BrN2O5S. The number of halogens is 1. The molecule has 9 heteroatoms. The summed E-state index contributed by atoms with van der Waals surface area (Å²) in [6.07, 6.45) is 1.79. The fourth-order valence-corrected chi connectivity index (χ4v) is 4.96. The summed E-state index contributed by atoms with van der Waals surface area (Å²) in [5.74, 6) is 0.559. The molecule has 4 rings (SSSR count). The first-order valence-corrected chi connectivity index (χ1v) is 12.5. The second kappa shape index (κ2) is 11.5. The van der Waals surface area contributed by atoms with Crippen molar-refractivity contribution in [3.8, 4) is 11.5 Å². The average molecular weight is 567 g/mol. The van der Waals surface area contributed by atoms with Crippen LogP contribution < -0.4 is 9.47 Å². The number of carbonyl (C=O) groups is 2. The molecule has 0 unspecified atom stereocenters. The Morgan fingerprint density at radius 3 is 2.47 bits per heavy atom. The second-order valence-electron chi connectivity index (χ2n) is 7.72. The summed E-state index contributed by atoms with van der Waals surface area (Å²) < 4.78 is 17.0. The molecule has 0 aromatic heterocycles. The number of hydrogen-bond donors (Lipinski definition) is 0. The van der Waals surface area contributed by atoms with Crippen LogP contribution in [0.15, 0.2) is 81.1 Å². The maximum Gasteiger partial charge on any atom is 0.337 e. The molecule has 1 saturated heterocycles. The van der Waals surface area contributed by atoms with Gasteiger partial charge >= 0.3 is 5.97 Å². The Hall–Kier alpha value is -3.56. The molecule has 1 aliphatic heterocycles. The van der Waals surface area contributed by atoms with Crippen molar-refractivity contribution in [2.75, 3.05) is 21.3 Å². The van der Waals surface area contributed by atoms with E-state index in [0.29, 0.717) is 43.9 Å². The van der Waals surface area contributed by atoms with Crippen LogP contribution in [0.2, 0.25) is 0 Å². The number of esters is 1. The van der Waals surface area contributed by atoms with Gasteiger partial charge in [-0.15, -0.1) is 0 Å². The summed E-state index contributed by atoms with van der Waals surface area (Å²) in [6.45, 7) is 0.399. The third-order valence-corrected chi connectivity index (χ3v) is 6.94. The molecule has 0 aliphatic carbocycles. The van der Waals surface area contributed by atoms with E-state index in [2.05, 4.69) is 20.9 Å². The molecule has 1 aliphatic rings. The largest absolute Gasteiger partial charge is 0.493 e. The van der Waals surface area contributed by atoms with E-state index in [4.69, 9.17) is 14.2 Å². The lowest BCUT2D eigenvalue weighted by atomic mass is 10.1. The first-order chi connectivity index (χ1) is 17.4. The third-order valence-electron chi connectivity index (χ3n) is 5.29. The zero-order valence-corrected chi connectivity index (χ0v) is 22.3. The van der Waals surface area contributed by atoms with E-state index in [0.717, 1.165) is 11.1 Å². The molecule has 1 fully saturated rings. The summed E-state index contributed by atoms with van der Waals surface area (Å²) in [6, 6.07) is 20.2. The van der Waals surface area contributed by atoms with Gasteiger partial charge in [0, 0.05) is 7.05 Å².